The molecule has 22 heavy (non-hydrogen) atoms. The minimum Gasteiger partial charge on any atom is -0.490 e. The summed E-state index contributed by atoms with van der Waals surface area (Å²) in [5.74, 6) is 2.05. The van der Waals surface area contributed by atoms with Crippen molar-refractivity contribution in [1.82, 2.24) is 19.7 Å². The van der Waals surface area contributed by atoms with E-state index in [0.29, 0.717) is 12.1 Å². The van der Waals surface area contributed by atoms with Gasteiger partial charge in [-0.15, -0.1) is 10.2 Å². The predicted molar refractivity (Wildman–Crippen MR) is 85.8 cm³/mol. The maximum atomic E-state index is 5.76. The second kappa shape index (κ2) is 6.08. The van der Waals surface area contributed by atoms with Crippen molar-refractivity contribution >= 4 is 0 Å². The number of ether oxygens (including phenoxy) is 1. The summed E-state index contributed by atoms with van der Waals surface area (Å²) in [6, 6.07) is 6.90. The Morgan fingerprint density at radius 3 is 2.95 bits per heavy atom. The molecule has 5 heteroatoms. The van der Waals surface area contributed by atoms with Gasteiger partial charge in [-0.05, 0) is 45.0 Å². The maximum Gasteiger partial charge on any atom is 0.147 e. The SMILES string of the molecule is CC(C)n1cnnc1CN(C)Cc1ccc2c(c1)C[C@H](C)O2. The summed E-state index contributed by atoms with van der Waals surface area (Å²) < 4.78 is 7.88. The van der Waals surface area contributed by atoms with Crippen LogP contribution in [0.3, 0.4) is 0 Å². The van der Waals surface area contributed by atoms with Crippen molar-refractivity contribution in [2.45, 2.75) is 52.4 Å². The summed E-state index contributed by atoms with van der Waals surface area (Å²) >= 11 is 0. The van der Waals surface area contributed by atoms with E-state index in [4.69, 9.17) is 4.74 Å². The monoisotopic (exact) mass is 300 g/mol. The summed E-state index contributed by atoms with van der Waals surface area (Å²) in [4.78, 5) is 2.27. The van der Waals surface area contributed by atoms with Crippen molar-refractivity contribution < 1.29 is 4.74 Å². The van der Waals surface area contributed by atoms with Gasteiger partial charge in [-0.2, -0.15) is 0 Å². The average Bonchev–Trinajstić information content (AvgIpc) is 3.03. The third-order valence-corrected chi connectivity index (χ3v) is 4.03. The summed E-state index contributed by atoms with van der Waals surface area (Å²) in [5, 5.41) is 8.27. The van der Waals surface area contributed by atoms with Crippen molar-refractivity contribution in [3.63, 3.8) is 0 Å². The summed E-state index contributed by atoms with van der Waals surface area (Å²) in [5.41, 5.74) is 2.64. The van der Waals surface area contributed by atoms with Crippen LogP contribution in [-0.4, -0.2) is 32.8 Å². The van der Waals surface area contributed by atoms with Gasteiger partial charge < -0.3 is 9.30 Å². The Balaban J connectivity index is 1.66. The molecule has 0 saturated heterocycles. The van der Waals surface area contributed by atoms with E-state index in [1.807, 2.05) is 6.33 Å². The van der Waals surface area contributed by atoms with Crippen molar-refractivity contribution in [3.8, 4) is 5.75 Å². The molecule has 1 aliphatic rings. The normalized spacial score (nSPS) is 17.1. The van der Waals surface area contributed by atoms with Gasteiger partial charge in [-0.25, -0.2) is 0 Å². The van der Waals surface area contributed by atoms with Crippen molar-refractivity contribution in [1.29, 1.82) is 0 Å². The lowest BCUT2D eigenvalue weighted by Crippen LogP contribution is -2.20. The van der Waals surface area contributed by atoms with E-state index < -0.39 is 0 Å². The molecule has 2 aromatic rings. The van der Waals surface area contributed by atoms with Gasteiger partial charge in [0.05, 0.1) is 6.54 Å². The molecule has 0 amide bonds. The van der Waals surface area contributed by atoms with Crippen LogP contribution >= 0.6 is 0 Å². The summed E-state index contributed by atoms with van der Waals surface area (Å²) in [6.45, 7) is 8.10. The van der Waals surface area contributed by atoms with E-state index in [1.165, 1.54) is 11.1 Å². The maximum absolute atomic E-state index is 5.76. The van der Waals surface area contributed by atoms with E-state index in [2.05, 4.69) is 65.7 Å². The molecule has 1 aliphatic heterocycles. The first kappa shape index (κ1) is 15.0. The first-order chi connectivity index (χ1) is 10.5. The molecule has 0 unspecified atom stereocenters. The van der Waals surface area contributed by atoms with Crippen LogP contribution in [0.2, 0.25) is 0 Å². The minimum atomic E-state index is 0.299. The topological polar surface area (TPSA) is 43.2 Å². The van der Waals surface area contributed by atoms with Gasteiger partial charge in [0.2, 0.25) is 0 Å². The van der Waals surface area contributed by atoms with Gasteiger partial charge in [0.1, 0.15) is 24.0 Å². The zero-order valence-corrected chi connectivity index (χ0v) is 13.8. The van der Waals surface area contributed by atoms with E-state index in [1.54, 1.807) is 0 Å². The second-order valence-corrected chi connectivity index (χ2v) is 6.50. The number of rotatable bonds is 5. The fourth-order valence-corrected chi connectivity index (χ4v) is 2.99. The molecule has 118 valence electrons. The van der Waals surface area contributed by atoms with Gasteiger partial charge in [-0.1, -0.05) is 12.1 Å². The largest absolute Gasteiger partial charge is 0.490 e. The van der Waals surface area contributed by atoms with Crippen molar-refractivity contribution in [2.24, 2.45) is 0 Å². The first-order valence-electron chi connectivity index (χ1n) is 7.88. The molecule has 0 aliphatic carbocycles. The predicted octanol–water partition coefficient (Wildman–Crippen LogP) is 2.81. The Kier molecular flexibility index (Phi) is 4.16. The van der Waals surface area contributed by atoms with Crippen LogP contribution in [0.25, 0.3) is 0 Å². The molecule has 0 saturated carbocycles. The summed E-state index contributed by atoms with van der Waals surface area (Å²) in [7, 11) is 2.12. The molecular formula is C17H24N4O. The average molecular weight is 300 g/mol. The second-order valence-electron chi connectivity index (χ2n) is 6.50. The van der Waals surface area contributed by atoms with Gasteiger partial charge in [-0.3, -0.25) is 4.90 Å². The van der Waals surface area contributed by atoms with Crippen LogP contribution < -0.4 is 4.74 Å². The summed E-state index contributed by atoms with van der Waals surface area (Å²) in [6.07, 6.45) is 3.11. The highest BCUT2D eigenvalue weighted by atomic mass is 16.5. The van der Waals surface area contributed by atoms with Gasteiger partial charge in [0.25, 0.3) is 0 Å². The number of fused-ring (bicyclic) bond motifs is 1. The highest BCUT2D eigenvalue weighted by Gasteiger charge is 2.19. The van der Waals surface area contributed by atoms with Crippen molar-refractivity contribution in [2.75, 3.05) is 7.05 Å². The first-order valence-corrected chi connectivity index (χ1v) is 7.88. The zero-order chi connectivity index (χ0) is 15.7. The lowest BCUT2D eigenvalue weighted by Gasteiger charge is -2.18. The van der Waals surface area contributed by atoms with E-state index in [9.17, 15) is 0 Å². The standard InChI is InChI=1S/C17H24N4O/c1-12(2)21-11-18-19-17(21)10-20(4)9-14-5-6-16-15(8-14)7-13(3)22-16/h5-6,8,11-13H,7,9-10H2,1-4H3/t13-/m0/s1. The van der Waals surface area contributed by atoms with Crippen LogP contribution in [-0.2, 0) is 19.5 Å². The molecule has 1 aromatic heterocycles. The van der Waals surface area contributed by atoms with Crippen molar-refractivity contribution in [3.05, 3.63) is 41.5 Å². The Morgan fingerprint density at radius 1 is 1.36 bits per heavy atom. The lowest BCUT2D eigenvalue weighted by molar-refractivity contribution is 0.254. The fourth-order valence-electron chi connectivity index (χ4n) is 2.99. The molecule has 2 heterocycles. The smallest absolute Gasteiger partial charge is 0.147 e. The number of hydrogen-bond donors (Lipinski definition) is 0. The minimum absolute atomic E-state index is 0.299. The zero-order valence-electron chi connectivity index (χ0n) is 13.8. The molecule has 0 bridgehead atoms. The molecule has 0 fully saturated rings. The number of benzene rings is 1. The van der Waals surface area contributed by atoms with Crippen LogP contribution in [0, 0.1) is 0 Å². The number of aromatic nitrogens is 3. The van der Waals surface area contributed by atoms with E-state index in [-0.39, 0.29) is 0 Å². The Labute approximate surface area is 131 Å². The molecule has 5 nitrogen and oxygen atoms in total. The fraction of sp³-hybridized carbons (Fsp3) is 0.529. The van der Waals surface area contributed by atoms with Crippen LogP contribution in [0.1, 0.15) is 43.8 Å². The van der Waals surface area contributed by atoms with Gasteiger partial charge in [0, 0.05) is 19.0 Å². The molecule has 0 spiro atoms. The quantitative estimate of drug-likeness (QED) is 0.851. The number of nitrogens with zero attached hydrogens (tertiary/aromatic N) is 4. The number of hydrogen-bond acceptors (Lipinski definition) is 4. The molecule has 0 N–H and O–H groups in total. The van der Waals surface area contributed by atoms with Crippen LogP contribution in [0.5, 0.6) is 5.75 Å². The molecule has 1 atom stereocenters. The Bertz CT molecular complexity index is 650. The van der Waals surface area contributed by atoms with Crippen LogP contribution in [0.15, 0.2) is 24.5 Å². The van der Waals surface area contributed by atoms with Gasteiger partial charge in [0.15, 0.2) is 0 Å². The molecule has 1 aromatic carbocycles. The van der Waals surface area contributed by atoms with E-state index in [0.717, 1.165) is 31.1 Å². The molecule has 3 rings (SSSR count). The Morgan fingerprint density at radius 2 is 2.18 bits per heavy atom. The highest BCUT2D eigenvalue weighted by molar-refractivity contribution is 5.40. The molecule has 0 radical (unpaired) electrons. The third kappa shape index (κ3) is 3.14. The van der Waals surface area contributed by atoms with E-state index >= 15 is 0 Å². The third-order valence-electron chi connectivity index (χ3n) is 4.03. The van der Waals surface area contributed by atoms with Crippen LogP contribution in [0.4, 0.5) is 0 Å². The molecular weight excluding hydrogens is 276 g/mol. The highest BCUT2D eigenvalue weighted by Crippen LogP contribution is 2.29. The van der Waals surface area contributed by atoms with Gasteiger partial charge >= 0.3 is 0 Å². The Hall–Kier alpha value is -1.88. The lowest BCUT2D eigenvalue weighted by atomic mass is 10.1.